The van der Waals surface area contributed by atoms with E-state index in [4.69, 9.17) is 0 Å². The third kappa shape index (κ3) is 2.10. The maximum atomic E-state index is 3.56. The van der Waals surface area contributed by atoms with Crippen LogP contribution < -0.4 is 5.32 Å². The van der Waals surface area contributed by atoms with Crippen molar-refractivity contribution in [1.82, 2.24) is 10.2 Å². The van der Waals surface area contributed by atoms with E-state index in [1.165, 1.54) is 57.9 Å². The van der Waals surface area contributed by atoms with Crippen LogP contribution in [0.1, 0.15) is 65.2 Å². The Kier molecular flexibility index (Phi) is 3.75. The predicted octanol–water partition coefficient (Wildman–Crippen LogP) is 4.47. The van der Waals surface area contributed by atoms with E-state index >= 15 is 0 Å². The summed E-state index contributed by atoms with van der Waals surface area (Å²) in [6, 6.07) is 1.55. The van der Waals surface area contributed by atoms with Crippen LogP contribution in [0.5, 0.6) is 0 Å². The van der Waals surface area contributed by atoms with E-state index in [0.29, 0.717) is 10.8 Å². The summed E-state index contributed by atoms with van der Waals surface area (Å²) in [7, 11) is 4.54. The van der Waals surface area contributed by atoms with Crippen molar-refractivity contribution in [3.63, 3.8) is 0 Å². The molecule has 140 valence electrons. The van der Waals surface area contributed by atoms with Crippen LogP contribution in [0.25, 0.3) is 0 Å². The van der Waals surface area contributed by atoms with E-state index in [1.807, 2.05) is 5.57 Å². The summed E-state index contributed by atoms with van der Waals surface area (Å²) >= 11 is 0. The topological polar surface area (TPSA) is 15.3 Å². The zero-order valence-corrected chi connectivity index (χ0v) is 16.9. The lowest BCUT2D eigenvalue weighted by Crippen LogP contribution is -2.52. The highest BCUT2D eigenvalue weighted by Crippen LogP contribution is 2.68. The minimum absolute atomic E-state index is 0.520. The minimum atomic E-state index is 0.520. The van der Waals surface area contributed by atoms with Gasteiger partial charge in [0, 0.05) is 18.6 Å². The van der Waals surface area contributed by atoms with Crippen molar-refractivity contribution in [3.8, 4) is 0 Å². The molecule has 1 saturated heterocycles. The molecule has 5 rings (SSSR count). The zero-order valence-electron chi connectivity index (χ0n) is 16.9. The molecule has 1 spiro atoms. The first-order valence-electron chi connectivity index (χ1n) is 11.1. The van der Waals surface area contributed by atoms with E-state index in [-0.39, 0.29) is 0 Å². The fraction of sp³-hybridized carbons (Fsp3) is 0.913. The predicted molar refractivity (Wildman–Crippen MR) is 104 cm³/mol. The Morgan fingerprint density at radius 2 is 1.88 bits per heavy atom. The molecule has 1 N–H and O–H groups in total. The minimum Gasteiger partial charge on any atom is -0.317 e. The summed E-state index contributed by atoms with van der Waals surface area (Å²) in [4.78, 5) is 2.70. The van der Waals surface area contributed by atoms with E-state index in [9.17, 15) is 0 Å². The highest BCUT2D eigenvalue weighted by atomic mass is 15.2. The van der Waals surface area contributed by atoms with Crippen LogP contribution >= 0.6 is 0 Å². The Labute approximate surface area is 154 Å². The fourth-order valence-corrected chi connectivity index (χ4v) is 8.71. The SMILES string of the molecule is CN[C@H]1CC[C@@]2(C)C(=CC[C@H]3[C@@H]4CCC5[C@H](C)N(C)C[C@@]54CC[C@@H]32)C1. The molecule has 1 aliphatic heterocycles. The molecule has 1 heterocycles. The third-order valence-corrected chi connectivity index (χ3v) is 10.1. The van der Waals surface area contributed by atoms with Gasteiger partial charge in [-0.05, 0) is 107 Å². The van der Waals surface area contributed by atoms with Gasteiger partial charge in [-0.25, -0.2) is 0 Å². The summed E-state index contributed by atoms with van der Waals surface area (Å²) < 4.78 is 0. The first kappa shape index (κ1) is 16.8. The molecule has 0 bridgehead atoms. The van der Waals surface area contributed by atoms with Gasteiger partial charge in [0.25, 0.3) is 0 Å². The van der Waals surface area contributed by atoms with Crippen molar-refractivity contribution in [3.05, 3.63) is 11.6 Å². The second kappa shape index (κ2) is 5.58. The Morgan fingerprint density at radius 1 is 1.08 bits per heavy atom. The van der Waals surface area contributed by atoms with Crippen LogP contribution in [-0.2, 0) is 0 Å². The number of allylic oxidation sites excluding steroid dienone is 1. The van der Waals surface area contributed by atoms with Gasteiger partial charge in [-0.2, -0.15) is 0 Å². The number of fused-ring (bicyclic) bond motifs is 4. The Bertz CT molecular complexity index is 583. The van der Waals surface area contributed by atoms with Gasteiger partial charge >= 0.3 is 0 Å². The van der Waals surface area contributed by atoms with Crippen molar-refractivity contribution in [2.75, 3.05) is 20.6 Å². The van der Waals surface area contributed by atoms with Crippen LogP contribution in [-0.4, -0.2) is 37.6 Å². The molecule has 1 unspecified atom stereocenters. The standard InChI is InChI=1S/C23H38N2/c1-15-19-7-8-21-18-6-5-16-13-17(24-3)9-11-22(16,2)20(18)10-12-23(19,21)14-25(15)4/h5,15,17-21,24H,6-14H2,1-4H3/t15-,17-,18+,19?,20-,21-,22-,23-/m0/s1. The summed E-state index contributed by atoms with van der Waals surface area (Å²) in [5, 5.41) is 3.56. The van der Waals surface area contributed by atoms with Crippen LogP contribution in [0, 0.1) is 34.5 Å². The molecule has 2 heteroatoms. The van der Waals surface area contributed by atoms with Crippen LogP contribution in [0.3, 0.4) is 0 Å². The molecule has 0 aromatic carbocycles. The number of hydrogen-bond acceptors (Lipinski definition) is 2. The number of nitrogens with one attached hydrogen (secondary N) is 1. The smallest absolute Gasteiger partial charge is 0.0102 e. The van der Waals surface area contributed by atoms with E-state index in [2.05, 4.69) is 44.2 Å². The summed E-state index contributed by atoms with van der Waals surface area (Å²) in [6.45, 7) is 6.55. The van der Waals surface area contributed by atoms with Crippen molar-refractivity contribution in [1.29, 1.82) is 0 Å². The van der Waals surface area contributed by atoms with Crippen molar-refractivity contribution in [2.24, 2.45) is 34.5 Å². The highest BCUT2D eigenvalue weighted by molar-refractivity contribution is 5.26. The van der Waals surface area contributed by atoms with E-state index in [0.717, 1.165) is 35.8 Å². The molecule has 0 radical (unpaired) electrons. The first-order valence-corrected chi connectivity index (χ1v) is 11.1. The lowest BCUT2D eigenvalue weighted by Gasteiger charge is -2.58. The third-order valence-electron chi connectivity index (χ3n) is 10.1. The number of hydrogen-bond donors (Lipinski definition) is 1. The molecule has 0 aromatic heterocycles. The summed E-state index contributed by atoms with van der Waals surface area (Å²) in [6.07, 6.45) is 14.3. The monoisotopic (exact) mass is 342 g/mol. The van der Waals surface area contributed by atoms with Crippen LogP contribution in [0.2, 0.25) is 0 Å². The van der Waals surface area contributed by atoms with Crippen molar-refractivity contribution >= 4 is 0 Å². The normalized spacial score (nSPS) is 55.1. The van der Waals surface area contributed by atoms with Gasteiger partial charge in [0.15, 0.2) is 0 Å². The molecular weight excluding hydrogens is 304 g/mol. The lowest BCUT2D eigenvalue weighted by molar-refractivity contribution is -0.0403. The molecule has 0 amide bonds. The number of rotatable bonds is 1. The van der Waals surface area contributed by atoms with Crippen molar-refractivity contribution < 1.29 is 0 Å². The molecular formula is C23H38N2. The number of likely N-dealkylation sites (tertiary alicyclic amines) is 1. The van der Waals surface area contributed by atoms with Gasteiger partial charge in [0.1, 0.15) is 0 Å². The van der Waals surface area contributed by atoms with Gasteiger partial charge in [0.05, 0.1) is 0 Å². The fourth-order valence-electron chi connectivity index (χ4n) is 8.71. The van der Waals surface area contributed by atoms with Gasteiger partial charge in [-0.1, -0.05) is 18.6 Å². The number of nitrogens with zero attached hydrogens (tertiary/aromatic N) is 1. The Hall–Kier alpha value is -0.340. The second-order valence-corrected chi connectivity index (χ2v) is 10.6. The summed E-state index contributed by atoms with van der Waals surface area (Å²) in [5.41, 5.74) is 3.02. The van der Waals surface area contributed by atoms with E-state index in [1.54, 1.807) is 0 Å². The highest BCUT2D eigenvalue weighted by Gasteiger charge is 2.63. The van der Waals surface area contributed by atoms with Crippen molar-refractivity contribution in [2.45, 2.75) is 77.3 Å². The molecule has 5 aliphatic rings. The second-order valence-electron chi connectivity index (χ2n) is 10.6. The maximum Gasteiger partial charge on any atom is 0.0102 e. The average molecular weight is 343 g/mol. The Morgan fingerprint density at radius 3 is 2.68 bits per heavy atom. The van der Waals surface area contributed by atoms with E-state index < -0.39 is 0 Å². The quantitative estimate of drug-likeness (QED) is 0.707. The van der Waals surface area contributed by atoms with Gasteiger partial charge in [-0.3, -0.25) is 0 Å². The first-order chi connectivity index (χ1) is 12.0. The largest absolute Gasteiger partial charge is 0.317 e. The van der Waals surface area contributed by atoms with Gasteiger partial charge in [-0.15, -0.1) is 0 Å². The molecule has 8 atom stereocenters. The maximum absolute atomic E-state index is 3.56. The lowest BCUT2D eigenvalue weighted by atomic mass is 9.47. The molecule has 4 aliphatic carbocycles. The molecule has 3 saturated carbocycles. The van der Waals surface area contributed by atoms with Crippen LogP contribution in [0.4, 0.5) is 0 Å². The van der Waals surface area contributed by atoms with Gasteiger partial charge < -0.3 is 10.2 Å². The molecule has 0 aromatic rings. The molecule has 4 fully saturated rings. The molecule has 2 nitrogen and oxygen atoms in total. The Balaban J connectivity index is 1.47. The molecule has 25 heavy (non-hydrogen) atoms. The summed E-state index contributed by atoms with van der Waals surface area (Å²) in [5.74, 6) is 3.96. The van der Waals surface area contributed by atoms with Crippen LogP contribution in [0.15, 0.2) is 11.6 Å². The van der Waals surface area contributed by atoms with Gasteiger partial charge in [0.2, 0.25) is 0 Å². The zero-order chi connectivity index (χ0) is 17.4. The average Bonchev–Trinajstić information content (AvgIpc) is 3.09.